The fourth-order valence-electron chi connectivity index (χ4n) is 2.74. The van der Waals surface area contributed by atoms with Crippen molar-refractivity contribution in [2.24, 2.45) is 0 Å². The van der Waals surface area contributed by atoms with E-state index in [-0.39, 0.29) is 0 Å². The van der Waals surface area contributed by atoms with Crippen molar-refractivity contribution in [2.45, 2.75) is 38.8 Å². The van der Waals surface area contributed by atoms with E-state index in [1.54, 1.807) is 11.3 Å². The number of nitrogens with two attached hydrogens (primary N) is 1. The first kappa shape index (κ1) is 11.9. The third-order valence-corrected chi connectivity index (χ3v) is 4.52. The Morgan fingerprint density at radius 3 is 3.22 bits per heavy atom. The lowest BCUT2D eigenvalue weighted by Gasteiger charge is -2.22. The predicted octanol–water partition coefficient (Wildman–Crippen LogP) is 2.65. The predicted molar refractivity (Wildman–Crippen MR) is 75.6 cm³/mol. The Labute approximate surface area is 111 Å². The molecule has 96 valence electrons. The molecule has 0 saturated carbocycles. The maximum atomic E-state index is 5.98. The topological polar surface area (TPSA) is 55.0 Å². The second kappa shape index (κ2) is 4.82. The molecule has 0 amide bonds. The number of likely N-dealkylation sites (tertiary alicyclic amines) is 1. The zero-order valence-corrected chi connectivity index (χ0v) is 11.4. The highest BCUT2D eigenvalue weighted by atomic mass is 32.1. The largest absolute Gasteiger partial charge is 0.383 e. The van der Waals surface area contributed by atoms with E-state index in [1.165, 1.54) is 19.3 Å². The van der Waals surface area contributed by atoms with Crippen LogP contribution in [0.2, 0.25) is 0 Å². The number of anilines is 1. The van der Waals surface area contributed by atoms with E-state index in [0.29, 0.717) is 11.9 Å². The molecule has 0 spiro atoms. The summed E-state index contributed by atoms with van der Waals surface area (Å²) in [6.07, 6.45) is 3.79. The van der Waals surface area contributed by atoms with E-state index in [9.17, 15) is 0 Å². The highest BCUT2D eigenvalue weighted by Crippen LogP contribution is 2.25. The second-order valence-corrected chi connectivity index (χ2v) is 5.73. The van der Waals surface area contributed by atoms with Crippen molar-refractivity contribution in [3.05, 3.63) is 17.3 Å². The maximum absolute atomic E-state index is 5.98. The molecular weight excluding hydrogens is 244 g/mol. The molecule has 1 aliphatic rings. The third kappa shape index (κ3) is 2.08. The monoisotopic (exact) mass is 262 g/mol. The molecule has 18 heavy (non-hydrogen) atoms. The van der Waals surface area contributed by atoms with Crippen LogP contribution in [0.5, 0.6) is 0 Å². The van der Waals surface area contributed by atoms with Crippen molar-refractivity contribution < 1.29 is 0 Å². The Balaban J connectivity index is 1.86. The minimum atomic E-state index is 0.614. The van der Waals surface area contributed by atoms with Crippen LogP contribution < -0.4 is 5.73 Å². The smallest absolute Gasteiger partial charge is 0.146 e. The Kier molecular flexibility index (Phi) is 3.18. The molecule has 0 aliphatic carbocycles. The fraction of sp³-hybridized carbons (Fsp3) is 0.538. The quantitative estimate of drug-likeness (QED) is 0.924. The summed E-state index contributed by atoms with van der Waals surface area (Å²) in [6, 6.07) is 2.68. The normalized spacial score (nSPS) is 20.8. The Hall–Kier alpha value is -1.20. The lowest BCUT2D eigenvalue weighted by atomic mass is 10.2. The molecule has 1 unspecified atom stereocenters. The van der Waals surface area contributed by atoms with Gasteiger partial charge in [-0.25, -0.2) is 9.97 Å². The van der Waals surface area contributed by atoms with E-state index in [2.05, 4.69) is 21.8 Å². The molecule has 2 N–H and O–H groups in total. The van der Waals surface area contributed by atoms with Gasteiger partial charge in [-0.1, -0.05) is 6.92 Å². The maximum Gasteiger partial charge on any atom is 0.146 e. The van der Waals surface area contributed by atoms with E-state index < -0.39 is 0 Å². The SMILES string of the molecule is CCC1CCCN1Cc1nc(N)c2ccsc2n1. The average Bonchev–Trinajstić information content (AvgIpc) is 2.97. The lowest BCUT2D eigenvalue weighted by molar-refractivity contribution is 0.234. The van der Waals surface area contributed by atoms with Gasteiger partial charge in [0.15, 0.2) is 0 Å². The fourth-order valence-corrected chi connectivity index (χ4v) is 3.53. The van der Waals surface area contributed by atoms with Crippen molar-refractivity contribution in [2.75, 3.05) is 12.3 Å². The number of fused-ring (bicyclic) bond motifs is 1. The summed E-state index contributed by atoms with van der Waals surface area (Å²) in [4.78, 5) is 12.5. The molecule has 3 heterocycles. The molecule has 2 aromatic heterocycles. The van der Waals surface area contributed by atoms with Crippen LogP contribution in [-0.4, -0.2) is 27.5 Å². The number of hydrogen-bond donors (Lipinski definition) is 1. The van der Waals surface area contributed by atoms with Crippen LogP contribution in [0.4, 0.5) is 5.82 Å². The van der Waals surface area contributed by atoms with Crippen molar-refractivity contribution in [3.63, 3.8) is 0 Å². The molecule has 1 fully saturated rings. The van der Waals surface area contributed by atoms with Crippen LogP contribution in [0.1, 0.15) is 32.0 Å². The Morgan fingerprint density at radius 2 is 2.39 bits per heavy atom. The molecule has 3 rings (SSSR count). The standard InChI is InChI=1S/C13H18N4S/c1-2-9-4-3-6-17(9)8-11-15-12(14)10-5-7-18-13(10)16-11/h5,7,9H,2-4,6,8H2,1H3,(H2,14,15,16). The van der Waals surface area contributed by atoms with E-state index in [0.717, 1.165) is 29.1 Å². The molecule has 0 radical (unpaired) electrons. The van der Waals surface area contributed by atoms with Crippen LogP contribution in [0.25, 0.3) is 10.2 Å². The van der Waals surface area contributed by atoms with Crippen molar-refractivity contribution >= 4 is 27.4 Å². The second-order valence-electron chi connectivity index (χ2n) is 4.84. The van der Waals surface area contributed by atoms with Crippen LogP contribution >= 0.6 is 11.3 Å². The summed E-state index contributed by atoms with van der Waals surface area (Å²) in [5.41, 5.74) is 5.98. The highest BCUT2D eigenvalue weighted by molar-refractivity contribution is 7.16. The van der Waals surface area contributed by atoms with Gasteiger partial charge in [-0.3, -0.25) is 4.90 Å². The van der Waals surface area contributed by atoms with Crippen LogP contribution in [0.15, 0.2) is 11.4 Å². The van der Waals surface area contributed by atoms with Gasteiger partial charge >= 0.3 is 0 Å². The van der Waals surface area contributed by atoms with E-state index >= 15 is 0 Å². The number of aromatic nitrogens is 2. The van der Waals surface area contributed by atoms with E-state index in [4.69, 9.17) is 5.73 Å². The zero-order valence-electron chi connectivity index (χ0n) is 10.6. The van der Waals surface area contributed by atoms with Gasteiger partial charge in [0.1, 0.15) is 16.5 Å². The number of nitrogens with zero attached hydrogens (tertiary/aromatic N) is 3. The molecular formula is C13H18N4S. The summed E-state index contributed by atoms with van der Waals surface area (Å²) in [5.74, 6) is 1.48. The number of thiophene rings is 1. The van der Waals surface area contributed by atoms with Gasteiger partial charge in [0.25, 0.3) is 0 Å². The zero-order chi connectivity index (χ0) is 12.5. The summed E-state index contributed by atoms with van der Waals surface area (Å²) < 4.78 is 0. The van der Waals surface area contributed by atoms with Gasteiger partial charge in [0, 0.05) is 6.04 Å². The Morgan fingerprint density at radius 1 is 1.50 bits per heavy atom. The van der Waals surface area contributed by atoms with Gasteiger partial charge < -0.3 is 5.73 Å². The first-order valence-electron chi connectivity index (χ1n) is 6.51. The van der Waals surface area contributed by atoms with E-state index in [1.807, 2.05) is 11.4 Å². The van der Waals surface area contributed by atoms with Crippen molar-refractivity contribution in [1.82, 2.24) is 14.9 Å². The molecule has 4 nitrogen and oxygen atoms in total. The molecule has 5 heteroatoms. The highest BCUT2D eigenvalue weighted by Gasteiger charge is 2.23. The van der Waals surface area contributed by atoms with Crippen molar-refractivity contribution in [1.29, 1.82) is 0 Å². The first-order chi connectivity index (χ1) is 8.78. The third-order valence-electron chi connectivity index (χ3n) is 3.72. The lowest BCUT2D eigenvalue weighted by Crippen LogP contribution is -2.29. The van der Waals surface area contributed by atoms with Crippen LogP contribution in [0, 0.1) is 0 Å². The summed E-state index contributed by atoms with van der Waals surface area (Å²) >= 11 is 1.63. The first-order valence-corrected chi connectivity index (χ1v) is 7.39. The molecule has 0 bridgehead atoms. The minimum Gasteiger partial charge on any atom is -0.383 e. The summed E-state index contributed by atoms with van der Waals surface area (Å²) in [5, 5.41) is 3.00. The van der Waals surface area contributed by atoms with Gasteiger partial charge in [-0.15, -0.1) is 11.3 Å². The molecule has 0 aromatic carbocycles. The van der Waals surface area contributed by atoms with Gasteiger partial charge in [-0.2, -0.15) is 0 Å². The number of nitrogen functional groups attached to an aromatic ring is 1. The molecule has 1 atom stereocenters. The van der Waals surface area contributed by atoms with Crippen LogP contribution in [-0.2, 0) is 6.54 Å². The average molecular weight is 262 g/mol. The Bertz CT molecular complexity index is 551. The molecule has 2 aromatic rings. The molecule has 1 saturated heterocycles. The number of rotatable bonds is 3. The molecule has 1 aliphatic heterocycles. The van der Waals surface area contributed by atoms with Gasteiger partial charge in [0.05, 0.1) is 11.9 Å². The van der Waals surface area contributed by atoms with Crippen LogP contribution in [0.3, 0.4) is 0 Å². The van der Waals surface area contributed by atoms with Gasteiger partial charge in [0.2, 0.25) is 0 Å². The summed E-state index contributed by atoms with van der Waals surface area (Å²) in [7, 11) is 0. The summed E-state index contributed by atoms with van der Waals surface area (Å²) in [6.45, 7) is 4.24. The van der Waals surface area contributed by atoms with Gasteiger partial charge in [-0.05, 0) is 37.3 Å². The number of hydrogen-bond acceptors (Lipinski definition) is 5. The minimum absolute atomic E-state index is 0.614. The van der Waals surface area contributed by atoms with Crippen molar-refractivity contribution in [3.8, 4) is 0 Å².